The predicted molar refractivity (Wildman–Crippen MR) is 114 cm³/mol. The zero-order chi connectivity index (χ0) is 21.4. The number of carbonyl (C=O) groups excluding carboxylic acids is 1. The highest BCUT2D eigenvalue weighted by Crippen LogP contribution is 2.38. The van der Waals surface area contributed by atoms with Gasteiger partial charge in [0.25, 0.3) is 5.91 Å². The first-order valence-corrected chi connectivity index (χ1v) is 9.45. The molecule has 0 radical (unpaired) electrons. The molecule has 2 aromatic rings. The monoisotopic (exact) mass is 414 g/mol. The molecule has 0 aromatic heterocycles. The van der Waals surface area contributed by atoms with Gasteiger partial charge in [0.05, 0.1) is 24.8 Å². The van der Waals surface area contributed by atoms with Gasteiger partial charge in [-0.1, -0.05) is 17.7 Å². The van der Waals surface area contributed by atoms with Gasteiger partial charge in [-0.2, -0.15) is 5.26 Å². The molecular weight excluding hydrogens is 392 g/mol. The number of halogens is 1. The van der Waals surface area contributed by atoms with Crippen molar-refractivity contribution >= 4 is 29.3 Å². The van der Waals surface area contributed by atoms with Crippen LogP contribution in [0.4, 0.5) is 5.69 Å². The second kappa shape index (κ2) is 10.4. The number of hydrogen-bond donors (Lipinski definition) is 1. The lowest BCUT2D eigenvalue weighted by atomic mass is 10.1. The fourth-order valence-electron chi connectivity index (χ4n) is 2.50. The number of methoxy groups -OCH3 is 1. The maximum atomic E-state index is 12.5. The lowest BCUT2D eigenvalue weighted by molar-refractivity contribution is -0.112. The first-order valence-electron chi connectivity index (χ1n) is 9.08. The first-order chi connectivity index (χ1) is 13.9. The summed E-state index contributed by atoms with van der Waals surface area (Å²) in [5.74, 6) is 0.932. The molecule has 152 valence electrons. The Labute approximate surface area is 175 Å². The SMILES string of the molecule is CCOc1cc(/C=C(/C#N)C(=O)Nc2cccc(OC)c2)cc(Cl)c1OC(C)C. The largest absolute Gasteiger partial charge is 0.497 e. The van der Waals surface area contributed by atoms with Gasteiger partial charge in [-0.05, 0) is 56.7 Å². The molecular formula is C22H23ClN2O4. The minimum Gasteiger partial charge on any atom is -0.497 e. The van der Waals surface area contributed by atoms with E-state index in [1.807, 2.05) is 26.8 Å². The Kier molecular flexibility index (Phi) is 7.93. The molecule has 0 aliphatic carbocycles. The molecule has 0 saturated heterocycles. The second-order valence-corrected chi connectivity index (χ2v) is 6.69. The highest BCUT2D eigenvalue weighted by Gasteiger charge is 2.15. The summed E-state index contributed by atoms with van der Waals surface area (Å²) in [5, 5.41) is 12.5. The standard InChI is InChI=1S/C22H23ClN2O4/c1-5-28-20-11-15(10-19(23)21(20)29-14(2)3)9-16(13-24)22(26)25-17-7-6-8-18(12-17)27-4/h6-12,14H,5H2,1-4H3,(H,25,26)/b16-9-. The summed E-state index contributed by atoms with van der Waals surface area (Å²) >= 11 is 6.35. The molecule has 0 saturated carbocycles. The van der Waals surface area contributed by atoms with Crippen molar-refractivity contribution in [1.82, 2.24) is 0 Å². The number of hydrogen-bond acceptors (Lipinski definition) is 5. The van der Waals surface area contributed by atoms with Crippen molar-refractivity contribution < 1.29 is 19.0 Å². The molecule has 29 heavy (non-hydrogen) atoms. The van der Waals surface area contributed by atoms with E-state index in [0.717, 1.165) is 0 Å². The van der Waals surface area contributed by atoms with Crippen LogP contribution in [0.1, 0.15) is 26.3 Å². The van der Waals surface area contributed by atoms with E-state index < -0.39 is 5.91 Å². The Balaban J connectivity index is 2.33. The van der Waals surface area contributed by atoms with Gasteiger partial charge in [0.1, 0.15) is 17.4 Å². The van der Waals surface area contributed by atoms with Crippen molar-refractivity contribution in [3.05, 3.63) is 52.6 Å². The van der Waals surface area contributed by atoms with Crippen molar-refractivity contribution in [3.63, 3.8) is 0 Å². The summed E-state index contributed by atoms with van der Waals surface area (Å²) < 4.78 is 16.5. The molecule has 0 aliphatic rings. The Morgan fingerprint density at radius 1 is 1.31 bits per heavy atom. The van der Waals surface area contributed by atoms with Crippen LogP contribution in [0.2, 0.25) is 5.02 Å². The molecule has 0 heterocycles. The quantitative estimate of drug-likeness (QED) is 0.481. The number of nitriles is 1. The third-order valence-electron chi connectivity index (χ3n) is 3.69. The van der Waals surface area contributed by atoms with Crippen molar-refractivity contribution in [2.75, 3.05) is 19.0 Å². The molecule has 2 aromatic carbocycles. The number of amides is 1. The van der Waals surface area contributed by atoms with Crippen molar-refractivity contribution in [1.29, 1.82) is 5.26 Å². The average Bonchev–Trinajstić information content (AvgIpc) is 2.68. The summed E-state index contributed by atoms with van der Waals surface area (Å²) in [6, 6.07) is 12.1. The molecule has 0 aliphatic heterocycles. The summed E-state index contributed by atoms with van der Waals surface area (Å²) in [6.07, 6.45) is 1.36. The van der Waals surface area contributed by atoms with Crippen LogP contribution in [-0.2, 0) is 4.79 Å². The Hall–Kier alpha value is -3.17. The van der Waals surface area contributed by atoms with Crippen LogP contribution in [0.15, 0.2) is 42.0 Å². The molecule has 1 amide bonds. The number of anilines is 1. The summed E-state index contributed by atoms with van der Waals surface area (Å²) in [4.78, 5) is 12.5. The molecule has 0 unspecified atom stereocenters. The Morgan fingerprint density at radius 3 is 2.69 bits per heavy atom. The minimum absolute atomic E-state index is 0.0798. The molecule has 6 nitrogen and oxygen atoms in total. The molecule has 1 N–H and O–H groups in total. The van der Waals surface area contributed by atoms with Gasteiger partial charge in [-0.25, -0.2) is 0 Å². The normalized spacial score (nSPS) is 11.0. The summed E-state index contributed by atoms with van der Waals surface area (Å²) in [7, 11) is 1.54. The first kappa shape index (κ1) is 22.1. The number of rotatable bonds is 8. The predicted octanol–water partition coefficient (Wildman–Crippen LogP) is 5.08. The van der Waals surface area contributed by atoms with E-state index in [-0.39, 0.29) is 11.7 Å². The van der Waals surface area contributed by atoms with E-state index in [1.165, 1.54) is 13.2 Å². The van der Waals surface area contributed by atoms with E-state index in [4.69, 9.17) is 25.8 Å². The van der Waals surface area contributed by atoms with Crippen LogP contribution < -0.4 is 19.5 Å². The van der Waals surface area contributed by atoms with E-state index in [0.29, 0.717) is 40.1 Å². The molecule has 0 atom stereocenters. The number of nitrogens with zero attached hydrogens (tertiary/aromatic N) is 1. The van der Waals surface area contributed by atoms with E-state index in [2.05, 4.69) is 5.32 Å². The molecule has 7 heteroatoms. The van der Waals surface area contributed by atoms with Crippen LogP contribution in [0, 0.1) is 11.3 Å². The number of ether oxygens (including phenoxy) is 3. The topological polar surface area (TPSA) is 80.6 Å². The van der Waals surface area contributed by atoms with E-state index in [9.17, 15) is 10.1 Å². The maximum Gasteiger partial charge on any atom is 0.266 e. The third-order valence-corrected chi connectivity index (χ3v) is 3.97. The Bertz CT molecular complexity index is 948. The number of nitrogens with one attached hydrogen (secondary N) is 1. The van der Waals surface area contributed by atoms with Gasteiger partial charge in [-0.15, -0.1) is 0 Å². The van der Waals surface area contributed by atoms with Gasteiger partial charge in [-0.3, -0.25) is 4.79 Å². The van der Waals surface area contributed by atoms with Crippen LogP contribution in [0.25, 0.3) is 6.08 Å². The number of benzene rings is 2. The minimum atomic E-state index is -0.544. The van der Waals surface area contributed by atoms with Crippen LogP contribution in [0.3, 0.4) is 0 Å². The lowest BCUT2D eigenvalue weighted by Crippen LogP contribution is -2.13. The van der Waals surface area contributed by atoms with Gasteiger partial charge in [0, 0.05) is 11.8 Å². The zero-order valence-electron chi connectivity index (χ0n) is 16.8. The average molecular weight is 415 g/mol. The number of carbonyl (C=O) groups is 1. The van der Waals surface area contributed by atoms with Gasteiger partial charge in [0.15, 0.2) is 11.5 Å². The molecule has 0 fully saturated rings. The van der Waals surface area contributed by atoms with E-state index >= 15 is 0 Å². The molecule has 2 rings (SSSR count). The van der Waals surface area contributed by atoms with Crippen molar-refractivity contribution in [3.8, 4) is 23.3 Å². The van der Waals surface area contributed by atoms with Crippen LogP contribution >= 0.6 is 11.6 Å². The van der Waals surface area contributed by atoms with Crippen LogP contribution in [-0.4, -0.2) is 25.7 Å². The van der Waals surface area contributed by atoms with Gasteiger partial charge in [0.2, 0.25) is 0 Å². The molecule has 0 spiro atoms. The van der Waals surface area contributed by atoms with Crippen molar-refractivity contribution in [2.24, 2.45) is 0 Å². The second-order valence-electron chi connectivity index (χ2n) is 6.29. The summed E-state index contributed by atoms with van der Waals surface area (Å²) in [5.41, 5.74) is 0.986. The highest BCUT2D eigenvalue weighted by molar-refractivity contribution is 6.32. The fourth-order valence-corrected chi connectivity index (χ4v) is 2.76. The zero-order valence-corrected chi connectivity index (χ0v) is 17.5. The van der Waals surface area contributed by atoms with E-state index in [1.54, 1.807) is 36.4 Å². The maximum absolute atomic E-state index is 12.5. The lowest BCUT2D eigenvalue weighted by Gasteiger charge is -2.16. The highest BCUT2D eigenvalue weighted by atomic mass is 35.5. The van der Waals surface area contributed by atoms with Gasteiger partial charge >= 0.3 is 0 Å². The van der Waals surface area contributed by atoms with Crippen molar-refractivity contribution in [2.45, 2.75) is 26.9 Å². The molecule has 0 bridgehead atoms. The van der Waals surface area contributed by atoms with Gasteiger partial charge < -0.3 is 19.5 Å². The smallest absolute Gasteiger partial charge is 0.266 e. The Morgan fingerprint density at radius 2 is 2.07 bits per heavy atom. The summed E-state index contributed by atoms with van der Waals surface area (Å²) in [6.45, 7) is 6.03. The fraction of sp³-hybridized carbons (Fsp3) is 0.273. The van der Waals surface area contributed by atoms with Crippen LogP contribution in [0.5, 0.6) is 17.2 Å². The third kappa shape index (κ3) is 6.16.